The molecule has 0 spiro atoms. The summed E-state index contributed by atoms with van der Waals surface area (Å²) in [6, 6.07) is 9.47. The van der Waals surface area contributed by atoms with Gasteiger partial charge in [0.25, 0.3) is 0 Å². The third-order valence-electron chi connectivity index (χ3n) is 3.38. The standard InChI is InChI=1S/C16H13F2N3O3/c1-23-14-7-6-10(8-19-14)15(22)24-9-13-20-11-4-2-3-5-12(11)21(13)16(17)18/h2-8,16H,9H2,1H3. The fourth-order valence-electron chi connectivity index (χ4n) is 2.25. The van der Waals surface area contributed by atoms with Gasteiger partial charge in [-0.05, 0) is 18.2 Å². The highest BCUT2D eigenvalue weighted by Crippen LogP contribution is 2.23. The molecule has 3 aromatic rings. The van der Waals surface area contributed by atoms with Gasteiger partial charge in [-0.15, -0.1) is 0 Å². The first kappa shape index (κ1) is 15.9. The smallest absolute Gasteiger partial charge is 0.340 e. The van der Waals surface area contributed by atoms with Crippen molar-refractivity contribution < 1.29 is 23.0 Å². The van der Waals surface area contributed by atoms with E-state index in [2.05, 4.69) is 9.97 Å². The zero-order valence-corrected chi connectivity index (χ0v) is 12.6. The number of carbonyl (C=O) groups excluding carboxylic acids is 1. The zero-order valence-electron chi connectivity index (χ0n) is 12.6. The van der Waals surface area contributed by atoms with Crippen LogP contribution in [0.2, 0.25) is 0 Å². The van der Waals surface area contributed by atoms with Crippen molar-refractivity contribution in [3.8, 4) is 5.88 Å². The minimum absolute atomic E-state index is 0.0268. The summed E-state index contributed by atoms with van der Waals surface area (Å²) in [7, 11) is 1.45. The number of hydrogen-bond donors (Lipinski definition) is 0. The van der Waals surface area contributed by atoms with E-state index in [1.54, 1.807) is 18.2 Å². The summed E-state index contributed by atoms with van der Waals surface area (Å²) in [5.41, 5.74) is 0.884. The molecule has 0 saturated heterocycles. The van der Waals surface area contributed by atoms with Gasteiger partial charge in [0, 0.05) is 12.3 Å². The molecule has 8 heteroatoms. The second kappa shape index (κ2) is 6.61. The van der Waals surface area contributed by atoms with Crippen LogP contribution in [0.3, 0.4) is 0 Å². The maximum Gasteiger partial charge on any atom is 0.340 e. The second-order valence-electron chi connectivity index (χ2n) is 4.83. The van der Waals surface area contributed by atoms with Crippen LogP contribution in [0.5, 0.6) is 5.88 Å². The maximum atomic E-state index is 13.3. The third kappa shape index (κ3) is 3.03. The van der Waals surface area contributed by atoms with Gasteiger partial charge in [0.15, 0.2) is 5.82 Å². The lowest BCUT2D eigenvalue weighted by Crippen LogP contribution is -2.11. The van der Waals surface area contributed by atoms with E-state index in [1.165, 1.54) is 31.5 Å². The van der Waals surface area contributed by atoms with Gasteiger partial charge in [0.1, 0.15) is 6.61 Å². The van der Waals surface area contributed by atoms with E-state index in [4.69, 9.17) is 9.47 Å². The van der Waals surface area contributed by atoms with Crippen molar-refractivity contribution in [2.75, 3.05) is 7.11 Å². The average molecular weight is 333 g/mol. The van der Waals surface area contributed by atoms with E-state index in [9.17, 15) is 13.6 Å². The van der Waals surface area contributed by atoms with Gasteiger partial charge in [-0.1, -0.05) is 12.1 Å². The Morgan fingerprint density at radius 2 is 2.04 bits per heavy atom. The van der Waals surface area contributed by atoms with Crippen LogP contribution in [0.15, 0.2) is 42.6 Å². The summed E-state index contributed by atoms with van der Waals surface area (Å²) >= 11 is 0. The molecule has 0 amide bonds. The van der Waals surface area contributed by atoms with Gasteiger partial charge in [0.2, 0.25) is 5.88 Å². The number of para-hydroxylation sites is 2. The summed E-state index contributed by atoms with van der Waals surface area (Å²) < 4.78 is 37.3. The van der Waals surface area contributed by atoms with E-state index in [1.807, 2.05) is 0 Å². The van der Waals surface area contributed by atoms with Crippen LogP contribution in [-0.4, -0.2) is 27.6 Å². The summed E-state index contributed by atoms with van der Waals surface area (Å²) in [5.74, 6) is -0.356. The van der Waals surface area contributed by atoms with Crippen LogP contribution in [0.4, 0.5) is 8.78 Å². The third-order valence-corrected chi connectivity index (χ3v) is 3.38. The van der Waals surface area contributed by atoms with Crippen molar-refractivity contribution in [2.24, 2.45) is 0 Å². The number of pyridine rings is 1. The number of methoxy groups -OCH3 is 1. The quantitative estimate of drug-likeness (QED) is 0.671. The fraction of sp³-hybridized carbons (Fsp3) is 0.188. The topological polar surface area (TPSA) is 66.2 Å². The Morgan fingerprint density at radius 3 is 2.71 bits per heavy atom. The van der Waals surface area contributed by atoms with Crippen molar-refractivity contribution in [1.29, 1.82) is 0 Å². The van der Waals surface area contributed by atoms with Crippen molar-refractivity contribution in [1.82, 2.24) is 14.5 Å². The van der Waals surface area contributed by atoms with Gasteiger partial charge >= 0.3 is 12.5 Å². The van der Waals surface area contributed by atoms with Crippen molar-refractivity contribution in [3.63, 3.8) is 0 Å². The highest BCUT2D eigenvalue weighted by molar-refractivity contribution is 5.89. The molecule has 2 heterocycles. The number of aromatic nitrogens is 3. The number of nitrogens with zero attached hydrogens (tertiary/aromatic N) is 3. The molecule has 0 aliphatic rings. The molecule has 2 aromatic heterocycles. The van der Waals surface area contributed by atoms with Gasteiger partial charge in [-0.2, -0.15) is 8.78 Å². The van der Waals surface area contributed by atoms with E-state index >= 15 is 0 Å². The lowest BCUT2D eigenvalue weighted by atomic mass is 10.3. The summed E-state index contributed by atoms with van der Waals surface area (Å²) in [6.45, 7) is -3.15. The molecule has 6 nitrogen and oxygen atoms in total. The van der Waals surface area contributed by atoms with Crippen LogP contribution in [0, 0.1) is 0 Å². The van der Waals surface area contributed by atoms with Crippen molar-refractivity contribution in [2.45, 2.75) is 13.2 Å². The van der Waals surface area contributed by atoms with Crippen LogP contribution >= 0.6 is 0 Å². The molecule has 24 heavy (non-hydrogen) atoms. The molecule has 1 aromatic carbocycles. The number of rotatable bonds is 5. The average Bonchev–Trinajstić information content (AvgIpc) is 2.98. The predicted octanol–water partition coefficient (Wildman–Crippen LogP) is 3.19. The molecule has 0 atom stereocenters. The monoisotopic (exact) mass is 333 g/mol. The Morgan fingerprint density at radius 1 is 1.25 bits per heavy atom. The number of carbonyl (C=O) groups is 1. The van der Waals surface area contributed by atoms with E-state index in [0.717, 1.165) is 4.57 Å². The van der Waals surface area contributed by atoms with Crippen molar-refractivity contribution in [3.05, 3.63) is 54.0 Å². The first-order chi connectivity index (χ1) is 11.6. The molecule has 0 N–H and O–H groups in total. The maximum absolute atomic E-state index is 13.3. The number of imidazole rings is 1. The Hall–Kier alpha value is -3.03. The number of benzene rings is 1. The van der Waals surface area contributed by atoms with Crippen LogP contribution < -0.4 is 4.74 Å². The molecule has 0 aliphatic heterocycles. The predicted molar refractivity (Wildman–Crippen MR) is 80.9 cm³/mol. The summed E-state index contributed by atoms with van der Waals surface area (Å²) in [5, 5.41) is 0. The number of hydrogen-bond acceptors (Lipinski definition) is 5. The lowest BCUT2D eigenvalue weighted by molar-refractivity contribution is 0.0387. The number of halogens is 2. The van der Waals surface area contributed by atoms with Crippen molar-refractivity contribution >= 4 is 17.0 Å². The molecule has 0 saturated carbocycles. The number of ether oxygens (including phenoxy) is 2. The molecule has 3 rings (SSSR count). The zero-order chi connectivity index (χ0) is 17.1. The van der Waals surface area contributed by atoms with Crippen LogP contribution in [-0.2, 0) is 11.3 Å². The molecule has 0 unspecified atom stereocenters. The van der Waals surface area contributed by atoms with Gasteiger partial charge in [0.05, 0.1) is 23.7 Å². The first-order valence-corrected chi connectivity index (χ1v) is 7.01. The van der Waals surface area contributed by atoms with E-state index in [-0.39, 0.29) is 23.5 Å². The lowest BCUT2D eigenvalue weighted by Gasteiger charge is -2.08. The number of alkyl halides is 2. The SMILES string of the molecule is COc1ccc(C(=O)OCc2nc3ccccc3n2C(F)F)cn1. The Kier molecular flexibility index (Phi) is 4.37. The summed E-state index contributed by atoms with van der Waals surface area (Å²) in [6.07, 6.45) is 1.29. The Bertz CT molecular complexity index is 863. The minimum atomic E-state index is -2.78. The molecule has 0 fully saturated rings. The van der Waals surface area contributed by atoms with Gasteiger partial charge in [-0.3, -0.25) is 4.57 Å². The van der Waals surface area contributed by atoms with Gasteiger partial charge < -0.3 is 9.47 Å². The molecule has 124 valence electrons. The largest absolute Gasteiger partial charge is 0.481 e. The van der Waals surface area contributed by atoms with E-state index < -0.39 is 12.5 Å². The number of fused-ring (bicyclic) bond motifs is 1. The van der Waals surface area contributed by atoms with Crippen LogP contribution in [0.25, 0.3) is 11.0 Å². The number of esters is 1. The van der Waals surface area contributed by atoms with E-state index in [0.29, 0.717) is 11.4 Å². The van der Waals surface area contributed by atoms with Crippen LogP contribution in [0.1, 0.15) is 22.7 Å². The highest BCUT2D eigenvalue weighted by atomic mass is 19.3. The molecule has 0 bridgehead atoms. The molecular formula is C16H13F2N3O3. The molecule has 0 aliphatic carbocycles. The highest BCUT2D eigenvalue weighted by Gasteiger charge is 2.19. The Balaban J connectivity index is 1.79. The van der Waals surface area contributed by atoms with Gasteiger partial charge in [-0.25, -0.2) is 14.8 Å². The Labute approximate surface area is 135 Å². The molecular weight excluding hydrogens is 320 g/mol. The minimum Gasteiger partial charge on any atom is -0.481 e. The normalized spacial score (nSPS) is 11.0. The second-order valence-corrected chi connectivity index (χ2v) is 4.83. The fourth-order valence-corrected chi connectivity index (χ4v) is 2.25. The first-order valence-electron chi connectivity index (χ1n) is 7.01. The summed E-state index contributed by atoms with van der Waals surface area (Å²) in [4.78, 5) is 20.0. The molecule has 0 radical (unpaired) electrons.